The lowest BCUT2D eigenvalue weighted by Gasteiger charge is -2.10. The Morgan fingerprint density at radius 3 is 2.80 bits per heavy atom. The third kappa shape index (κ3) is 2.48. The third-order valence-corrected chi connectivity index (χ3v) is 3.73. The van der Waals surface area contributed by atoms with Crippen LogP contribution >= 0.6 is 11.3 Å². The zero-order valence-corrected chi connectivity index (χ0v) is 11.8. The van der Waals surface area contributed by atoms with Gasteiger partial charge in [-0.25, -0.2) is 9.97 Å². The summed E-state index contributed by atoms with van der Waals surface area (Å²) in [6.45, 7) is 2.00. The van der Waals surface area contributed by atoms with E-state index in [0.717, 1.165) is 33.3 Å². The van der Waals surface area contributed by atoms with Crippen molar-refractivity contribution in [1.82, 2.24) is 9.97 Å². The van der Waals surface area contributed by atoms with E-state index in [9.17, 15) is 0 Å². The zero-order chi connectivity index (χ0) is 13.9. The molecule has 0 fully saturated rings. The highest BCUT2D eigenvalue weighted by molar-refractivity contribution is 7.13. The second kappa shape index (κ2) is 5.30. The van der Waals surface area contributed by atoms with Crippen molar-refractivity contribution in [2.24, 2.45) is 0 Å². The zero-order valence-electron chi connectivity index (χ0n) is 11.0. The fraction of sp³-hybridized carbons (Fsp3) is 0.0667. The Hall–Kier alpha value is -2.40. The molecule has 0 saturated carbocycles. The van der Waals surface area contributed by atoms with Gasteiger partial charge in [0.05, 0.1) is 0 Å². The number of aryl methyl sites for hydroxylation is 1. The van der Waals surface area contributed by atoms with Gasteiger partial charge in [0.25, 0.3) is 0 Å². The predicted octanol–water partition coefficient (Wildman–Crippen LogP) is 3.84. The minimum atomic E-state index is 0.798. The van der Waals surface area contributed by atoms with E-state index >= 15 is 0 Å². The number of rotatable bonds is 3. The van der Waals surface area contributed by atoms with Gasteiger partial charge in [-0.1, -0.05) is 6.07 Å². The van der Waals surface area contributed by atoms with Gasteiger partial charge in [-0.15, -0.1) is 11.3 Å². The molecule has 2 heterocycles. The number of benzene rings is 1. The van der Waals surface area contributed by atoms with Gasteiger partial charge in [0.15, 0.2) is 5.13 Å². The average Bonchev–Trinajstić information content (AvgIpc) is 2.96. The summed E-state index contributed by atoms with van der Waals surface area (Å²) in [5, 5.41) is 6.01. The number of pyridine rings is 1. The first kappa shape index (κ1) is 12.6. The standard InChI is InChI=1S/C15H14N4S/c1-10-9-11(4-5-13(10)16)12-3-2-6-17-14(12)19-15-18-7-8-20-15/h2-9H,16H2,1H3,(H,17,18,19). The van der Waals surface area contributed by atoms with Crippen molar-refractivity contribution in [3.05, 3.63) is 53.7 Å². The molecule has 4 nitrogen and oxygen atoms in total. The van der Waals surface area contributed by atoms with Crippen LogP contribution in [0, 0.1) is 6.92 Å². The van der Waals surface area contributed by atoms with E-state index in [-0.39, 0.29) is 0 Å². The Morgan fingerprint density at radius 2 is 2.05 bits per heavy atom. The van der Waals surface area contributed by atoms with Crippen LogP contribution in [0.5, 0.6) is 0 Å². The lowest BCUT2D eigenvalue weighted by atomic mass is 10.0. The maximum atomic E-state index is 5.87. The summed E-state index contributed by atoms with van der Waals surface area (Å²) in [5.41, 5.74) is 9.85. The van der Waals surface area contributed by atoms with E-state index in [1.54, 1.807) is 23.7 Å². The molecule has 0 radical (unpaired) electrons. The van der Waals surface area contributed by atoms with Crippen LogP contribution in [0.15, 0.2) is 48.1 Å². The van der Waals surface area contributed by atoms with Crippen molar-refractivity contribution in [2.75, 3.05) is 11.1 Å². The summed E-state index contributed by atoms with van der Waals surface area (Å²) in [6.07, 6.45) is 3.53. The molecule has 0 aliphatic heterocycles. The first-order valence-corrected chi connectivity index (χ1v) is 7.10. The smallest absolute Gasteiger partial charge is 0.188 e. The Bertz CT molecular complexity index is 722. The highest BCUT2D eigenvalue weighted by atomic mass is 32.1. The number of anilines is 3. The molecule has 0 unspecified atom stereocenters. The number of hydrogen-bond donors (Lipinski definition) is 2. The summed E-state index contributed by atoms with van der Waals surface area (Å²) < 4.78 is 0. The van der Waals surface area contributed by atoms with E-state index in [0.29, 0.717) is 0 Å². The molecule has 100 valence electrons. The number of aromatic nitrogens is 2. The van der Waals surface area contributed by atoms with Crippen molar-refractivity contribution in [3.63, 3.8) is 0 Å². The third-order valence-electron chi connectivity index (χ3n) is 3.05. The van der Waals surface area contributed by atoms with E-state index in [1.165, 1.54) is 0 Å². The number of thiazole rings is 1. The molecule has 20 heavy (non-hydrogen) atoms. The Balaban J connectivity index is 2.02. The van der Waals surface area contributed by atoms with Crippen LogP contribution in [-0.2, 0) is 0 Å². The molecule has 0 saturated heterocycles. The molecule has 0 aliphatic carbocycles. The minimum absolute atomic E-state index is 0.798. The summed E-state index contributed by atoms with van der Waals surface area (Å²) in [4.78, 5) is 8.63. The van der Waals surface area contributed by atoms with Gasteiger partial charge in [-0.05, 0) is 42.3 Å². The van der Waals surface area contributed by atoms with Gasteiger partial charge in [-0.2, -0.15) is 0 Å². The summed E-state index contributed by atoms with van der Waals surface area (Å²) in [5.74, 6) is 0.798. The largest absolute Gasteiger partial charge is 0.399 e. The monoisotopic (exact) mass is 282 g/mol. The Kier molecular flexibility index (Phi) is 3.35. The summed E-state index contributed by atoms with van der Waals surface area (Å²) >= 11 is 1.55. The molecular formula is C15H14N4S. The maximum absolute atomic E-state index is 5.87. The lowest BCUT2D eigenvalue weighted by molar-refractivity contribution is 1.29. The average molecular weight is 282 g/mol. The molecule has 0 amide bonds. The first-order valence-electron chi connectivity index (χ1n) is 6.22. The highest BCUT2D eigenvalue weighted by Gasteiger charge is 2.08. The number of nitrogen functional groups attached to an aromatic ring is 1. The predicted molar refractivity (Wildman–Crippen MR) is 84.2 cm³/mol. The van der Waals surface area contributed by atoms with Gasteiger partial charge in [-0.3, -0.25) is 0 Å². The molecule has 2 aromatic heterocycles. The van der Waals surface area contributed by atoms with Crippen molar-refractivity contribution in [3.8, 4) is 11.1 Å². The minimum Gasteiger partial charge on any atom is -0.399 e. The Morgan fingerprint density at radius 1 is 1.15 bits per heavy atom. The van der Waals surface area contributed by atoms with Gasteiger partial charge in [0.1, 0.15) is 5.82 Å². The van der Waals surface area contributed by atoms with Crippen LogP contribution in [0.25, 0.3) is 11.1 Å². The van der Waals surface area contributed by atoms with E-state index in [1.807, 2.05) is 36.6 Å². The lowest BCUT2D eigenvalue weighted by Crippen LogP contribution is -1.96. The van der Waals surface area contributed by atoms with E-state index in [2.05, 4.69) is 21.4 Å². The quantitative estimate of drug-likeness (QED) is 0.716. The molecule has 0 bridgehead atoms. The van der Waals surface area contributed by atoms with Gasteiger partial charge in [0.2, 0.25) is 0 Å². The van der Waals surface area contributed by atoms with E-state index in [4.69, 9.17) is 5.73 Å². The molecule has 3 rings (SSSR count). The molecule has 5 heteroatoms. The first-order chi connectivity index (χ1) is 9.74. The van der Waals surface area contributed by atoms with Crippen LogP contribution in [0.1, 0.15) is 5.56 Å². The summed E-state index contributed by atoms with van der Waals surface area (Å²) in [7, 11) is 0. The second-order valence-electron chi connectivity index (χ2n) is 4.43. The van der Waals surface area contributed by atoms with Crippen molar-refractivity contribution < 1.29 is 0 Å². The highest BCUT2D eigenvalue weighted by Crippen LogP contribution is 2.30. The molecule has 0 aliphatic rings. The fourth-order valence-electron chi connectivity index (χ4n) is 1.97. The molecule has 3 aromatic rings. The van der Waals surface area contributed by atoms with Gasteiger partial charge < -0.3 is 11.1 Å². The molecule has 0 spiro atoms. The molecular weight excluding hydrogens is 268 g/mol. The maximum Gasteiger partial charge on any atom is 0.188 e. The van der Waals surface area contributed by atoms with Gasteiger partial charge >= 0.3 is 0 Å². The van der Waals surface area contributed by atoms with E-state index < -0.39 is 0 Å². The number of nitrogens with zero attached hydrogens (tertiary/aromatic N) is 2. The summed E-state index contributed by atoms with van der Waals surface area (Å²) in [6, 6.07) is 9.96. The van der Waals surface area contributed by atoms with Crippen LogP contribution in [-0.4, -0.2) is 9.97 Å². The fourth-order valence-corrected chi connectivity index (χ4v) is 2.50. The van der Waals surface area contributed by atoms with Crippen molar-refractivity contribution in [2.45, 2.75) is 6.92 Å². The second-order valence-corrected chi connectivity index (χ2v) is 5.33. The number of nitrogens with two attached hydrogens (primary N) is 1. The normalized spacial score (nSPS) is 10.4. The molecule has 1 aromatic carbocycles. The van der Waals surface area contributed by atoms with Crippen molar-refractivity contribution >= 4 is 28.0 Å². The number of nitrogens with one attached hydrogen (secondary N) is 1. The van der Waals surface area contributed by atoms with Crippen LogP contribution in [0.4, 0.5) is 16.6 Å². The van der Waals surface area contributed by atoms with Gasteiger partial charge in [0, 0.05) is 29.0 Å². The molecule has 0 atom stereocenters. The number of hydrogen-bond acceptors (Lipinski definition) is 5. The van der Waals surface area contributed by atoms with Crippen LogP contribution in [0.3, 0.4) is 0 Å². The van der Waals surface area contributed by atoms with Crippen LogP contribution < -0.4 is 11.1 Å². The SMILES string of the molecule is Cc1cc(-c2cccnc2Nc2nccs2)ccc1N. The topological polar surface area (TPSA) is 63.8 Å². The Labute approximate surface area is 121 Å². The van der Waals surface area contributed by atoms with Crippen molar-refractivity contribution in [1.29, 1.82) is 0 Å². The van der Waals surface area contributed by atoms with Crippen LogP contribution in [0.2, 0.25) is 0 Å². The molecule has 3 N–H and O–H groups in total.